The molecule has 0 atom stereocenters. The summed E-state index contributed by atoms with van der Waals surface area (Å²) >= 11 is 4.69. The highest BCUT2D eigenvalue weighted by molar-refractivity contribution is 7.80. The molecule has 0 spiro atoms. The average molecular weight is 245 g/mol. The zero-order valence-corrected chi connectivity index (χ0v) is 9.83. The molecule has 0 radical (unpaired) electrons. The molecule has 0 saturated heterocycles. The largest absolute Gasteiger partial charge is 0.392 e. The number of hydrogen-bond donors (Lipinski definition) is 2. The minimum atomic E-state index is -0.191. The predicted octanol–water partition coefficient (Wildman–Crippen LogP) is 1.25. The molecule has 4 nitrogen and oxygen atoms in total. The van der Waals surface area contributed by atoms with Crippen LogP contribution in [-0.4, -0.2) is 22.4 Å². The lowest BCUT2D eigenvalue weighted by Gasteiger charge is -2.04. The van der Waals surface area contributed by atoms with Crippen LogP contribution in [0.4, 0.5) is 0 Å². The first-order chi connectivity index (χ1) is 8.16. The number of carbonyl (C=O) groups is 1. The molecule has 1 aromatic carbocycles. The number of rotatable bonds is 3. The number of carbonyl (C=O) groups excluding carboxylic acids is 1. The Morgan fingerprint density at radius 2 is 2.24 bits per heavy atom. The van der Waals surface area contributed by atoms with Gasteiger partial charge in [-0.3, -0.25) is 9.78 Å². The van der Waals surface area contributed by atoms with Crippen molar-refractivity contribution in [3.63, 3.8) is 0 Å². The van der Waals surface area contributed by atoms with Crippen molar-refractivity contribution in [2.24, 2.45) is 5.73 Å². The maximum Gasteiger partial charge on any atom is 0.251 e. The van der Waals surface area contributed by atoms with E-state index in [9.17, 15) is 4.79 Å². The second-order valence-corrected chi connectivity index (χ2v) is 4.08. The summed E-state index contributed by atoms with van der Waals surface area (Å²) in [6.07, 6.45) is 1.72. The Morgan fingerprint density at radius 3 is 3.00 bits per heavy atom. The van der Waals surface area contributed by atoms with Gasteiger partial charge in [0.05, 0.1) is 17.0 Å². The van der Waals surface area contributed by atoms with Crippen LogP contribution in [0.25, 0.3) is 10.9 Å². The van der Waals surface area contributed by atoms with Crippen molar-refractivity contribution >= 4 is 34.0 Å². The summed E-state index contributed by atoms with van der Waals surface area (Å²) in [6, 6.07) is 9.07. The lowest BCUT2D eigenvalue weighted by Crippen LogP contribution is -2.32. The molecule has 0 aliphatic rings. The van der Waals surface area contributed by atoms with Gasteiger partial charge in [-0.2, -0.15) is 0 Å². The van der Waals surface area contributed by atoms with Gasteiger partial charge in [0.25, 0.3) is 5.91 Å². The van der Waals surface area contributed by atoms with Crippen LogP contribution in [0.3, 0.4) is 0 Å². The number of nitrogens with two attached hydrogens (primary N) is 1. The third kappa shape index (κ3) is 2.76. The average Bonchev–Trinajstić information content (AvgIpc) is 2.35. The van der Waals surface area contributed by atoms with Gasteiger partial charge in [0, 0.05) is 17.1 Å². The Balaban J connectivity index is 2.24. The number of nitrogens with zero attached hydrogens (tertiary/aromatic N) is 1. The van der Waals surface area contributed by atoms with E-state index in [1.165, 1.54) is 0 Å². The van der Waals surface area contributed by atoms with E-state index in [0.29, 0.717) is 5.56 Å². The molecule has 2 aromatic rings. The Hall–Kier alpha value is -2.01. The van der Waals surface area contributed by atoms with Gasteiger partial charge in [-0.25, -0.2) is 0 Å². The van der Waals surface area contributed by atoms with Crippen LogP contribution in [0.2, 0.25) is 0 Å². The second-order valence-electron chi connectivity index (χ2n) is 3.56. The normalized spacial score (nSPS) is 10.1. The first kappa shape index (κ1) is 11.5. The molecular formula is C12H11N3OS. The van der Waals surface area contributed by atoms with E-state index in [1.807, 2.05) is 18.2 Å². The molecule has 86 valence electrons. The molecule has 0 saturated carbocycles. The summed E-state index contributed by atoms with van der Waals surface area (Å²) in [5.74, 6) is -0.191. The molecule has 5 heteroatoms. The fourth-order valence-corrected chi connectivity index (χ4v) is 1.56. The van der Waals surface area contributed by atoms with Crippen molar-refractivity contribution in [2.75, 3.05) is 6.54 Å². The molecule has 3 N–H and O–H groups in total. The quantitative estimate of drug-likeness (QED) is 0.799. The van der Waals surface area contributed by atoms with Crippen LogP contribution >= 0.6 is 12.2 Å². The Kier molecular flexibility index (Phi) is 3.30. The topological polar surface area (TPSA) is 68.0 Å². The number of amides is 1. The summed E-state index contributed by atoms with van der Waals surface area (Å²) in [6.45, 7) is 0.208. The van der Waals surface area contributed by atoms with Crippen molar-refractivity contribution in [3.05, 3.63) is 42.1 Å². The van der Waals surface area contributed by atoms with Crippen LogP contribution < -0.4 is 11.1 Å². The molecule has 0 fully saturated rings. The first-order valence-electron chi connectivity index (χ1n) is 5.08. The fourth-order valence-electron chi connectivity index (χ4n) is 1.49. The first-order valence-corrected chi connectivity index (χ1v) is 5.49. The molecule has 0 aliphatic carbocycles. The molecule has 1 amide bonds. The lowest BCUT2D eigenvalue weighted by molar-refractivity contribution is 0.0959. The molecule has 0 bridgehead atoms. The minimum Gasteiger partial charge on any atom is -0.392 e. The summed E-state index contributed by atoms with van der Waals surface area (Å²) in [7, 11) is 0. The van der Waals surface area contributed by atoms with E-state index in [1.54, 1.807) is 18.3 Å². The minimum absolute atomic E-state index is 0.191. The predicted molar refractivity (Wildman–Crippen MR) is 70.9 cm³/mol. The highest BCUT2D eigenvalue weighted by Crippen LogP contribution is 2.12. The number of pyridine rings is 1. The SMILES string of the molecule is NC(=S)CNC(=O)c1ccc2ncccc2c1. The van der Waals surface area contributed by atoms with Gasteiger partial charge >= 0.3 is 0 Å². The summed E-state index contributed by atoms with van der Waals surface area (Å²) in [4.78, 5) is 16.2. The molecular weight excluding hydrogens is 234 g/mol. The van der Waals surface area contributed by atoms with E-state index in [-0.39, 0.29) is 17.4 Å². The monoisotopic (exact) mass is 245 g/mol. The molecule has 0 unspecified atom stereocenters. The second kappa shape index (κ2) is 4.88. The number of thiocarbonyl (C=S) groups is 1. The van der Waals surface area contributed by atoms with Crippen LogP contribution in [-0.2, 0) is 0 Å². The van der Waals surface area contributed by atoms with E-state index >= 15 is 0 Å². The highest BCUT2D eigenvalue weighted by Gasteiger charge is 2.06. The van der Waals surface area contributed by atoms with Crippen LogP contribution in [0, 0.1) is 0 Å². The summed E-state index contributed by atoms with van der Waals surface area (Å²) < 4.78 is 0. The number of hydrogen-bond acceptors (Lipinski definition) is 3. The van der Waals surface area contributed by atoms with Crippen molar-refractivity contribution < 1.29 is 4.79 Å². The smallest absolute Gasteiger partial charge is 0.251 e. The zero-order chi connectivity index (χ0) is 12.3. The molecule has 2 rings (SSSR count). The Labute approximate surface area is 104 Å². The van der Waals surface area contributed by atoms with Gasteiger partial charge in [0.1, 0.15) is 0 Å². The summed E-state index contributed by atoms with van der Waals surface area (Å²) in [5.41, 5.74) is 6.75. The highest BCUT2D eigenvalue weighted by atomic mass is 32.1. The number of benzene rings is 1. The number of nitrogens with one attached hydrogen (secondary N) is 1. The Morgan fingerprint density at radius 1 is 1.41 bits per heavy atom. The molecule has 1 aromatic heterocycles. The van der Waals surface area contributed by atoms with Crippen LogP contribution in [0.1, 0.15) is 10.4 Å². The van der Waals surface area contributed by atoms with E-state index in [2.05, 4.69) is 10.3 Å². The van der Waals surface area contributed by atoms with Gasteiger partial charge < -0.3 is 11.1 Å². The molecule has 1 heterocycles. The van der Waals surface area contributed by atoms with E-state index in [4.69, 9.17) is 18.0 Å². The fraction of sp³-hybridized carbons (Fsp3) is 0.0833. The third-order valence-corrected chi connectivity index (χ3v) is 2.43. The Bertz CT molecular complexity index is 583. The molecule has 17 heavy (non-hydrogen) atoms. The van der Waals surface area contributed by atoms with E-state index < -0.39 is 0 Å². The van der Waals surface area contributed by atoms with Crippen molar-refractivity contribution in [2.45, 2.75) is 0 Å². The lowest BCUT2D eigenvalue weighted by atomic mass is 10.1. The van der Waals surface area contributed by atoms with Crippen molar-refractivity contribution in [1.29, 1.82) is 0 Å². The van der Waals surface area contributed by atoms with Gasteiger partial charge in [0.15, 0.2) is 0 Å². The van der Waals surface area contributed by atoms with Gasteiger partial charge in [-0.05, 0) is 24.3 Å². The van der Waals surface area contributed by atoms with Crippen LogP contribution in [0.5, 0.6) is 0 Å². The molecule has 0 aliphatic heterocycles. The summed E-state index contributed by atoms with van der Waals surface area (Å²) in [5, 5.41) is 3.56. The third-order valence-electron chi connectivity index (χ3n) is 2.29. The maximum atomic E-state index is 11.7. The van der Waals surface area contributed by atoms with Crippen LogP contribution in [0.15, 0.2) is 36.5 Å². The van der Waals surface area contributed by atoms with Crippen molar-refractivity contribution in [3.8, 4) is 0 Å². The van der Waals surface area contributed by atoms with Gasteiger partial charge in [-0.1, -0.05) is 18.3 Å². The number of aromatic nitrogens is 1. The van der Waals surface area contributed by atoms with Gasteiger partial charge in [0.2, 0.25) is 0 Å². The van der Waals surface area contributed by atoms with Gasteiger partial charge in [-0.15, -0.1) is 0 Å². The standard InChI is InChI=1S/C12H11N3OS/c13-11(17)7-15-12(16)9-3-4-10-8(6-9)2-1-5-14-10/h1-6H,7H2,(H2,13,17)(H,15,16). The number of fused-ring (bicyclic) bond motifs is 1. The zero-order valence-electron chi connectivity index (χ0n) is 9.01. The van der Waals surface area contributed by atoms with E-state index in [0.717, 1.165) is 10.9 Å². The van der Waals surface area contributed by atoms with Crippen molar-refractivity contribution in [1.82, 2.24) is 10.3 Å². The maximum absolute atomic E-state index is 11.7.